The van der Waals surface area contributed by atoms with E-state index in [0.29, 0.717) is 0 Å². The first kappa shape index (κ1) is 24.6. The number of imide groups is 1. The average molecular weight is 467 g/mol. The molecule has 178 valence electrons. The molecule has 0 aromatic heterocycles. The number of hydrogen-bond acceptors (Lipinski definition) is 7. The van der Waals surface area contributed by atoms with Crippen molar-refractivity contribution in [2.75, 3.05) is 11.5 Å². The maximum atomic E-state index is 13.4. The molecule has 3 rings (SSSR count). The maximum absolute atomic E-state index is 13.4. The predicted molar refractivity (Wildman–Crippen MR) is 122 cm³/mol. The van der Waals surface area contributed by atoms with Crippen LogP contribution < -0.4 is 4.90 Å². The Kier molecular flexibility index (Phi) is 6.80. The van der Waals surface area contributed by atoms with Gasteiger partial charge in [-0.2, -0.15) is 0 Å². The summed E-state index contributed by atoms with van der Waals surface area (Å²) in [6.07, 6.45) is -0.214. The van der Waals surface area contributed by atoms with Crippen LogP contribution in [0, 0.1) is 10.1 Å². The van der Waals surface area contributed by atoms with E-state index in [9.17, 15) is 29.3 Å². The molecule has 1 aliphatic rings. The molecule has 0 spiro atoms. The van der Waals surface area contributed by atoms with Crippen molar-refractivity contribution in [2.24, 2.45) is 0 Å². The number of nitrogens with zero attached hydrogens (tertiary/aromatic N) is 3. The lowest BCUT2D eigenvalue weighted by Gasteiger charge is -2.39. The van der Waals surface area contributed by atoms with Crippen LogP contribution >= 0.6 is 0 Å². The lowest BCUT2D eigenvalue weighted by Crippen LogP contribution is -2.54. The summed E-state index contributed by atoms with van der Waals surface area (Å²) in [6.45, 7) is 7.13. The third kappa shape index (κ3) is 4.80. The molecule has 0 aliphatic carbocycles. The van der Waals surface area contributed by atoms with Gasteiger partial charge in [0, 0.05) is 23.2 Å². The van der Waals surface area contributed by atoms with Gasteiger partial charge in [0.2, 0.25) is 5.91 Å². The molecule has 1 saturated heterocycles. The summed E-state index contributed by atoms with van der Waals surface area (Å²) < 4.78 is 4.94. The normalized spacial score (nSPS) is 15.9. The maximum Gasteiger partial charge on any atom is 0.338 e. The van der Waals surface area contributed by atoms with Crippen LogP contribution in [0.2, 0.25) is 0 Å². The number of carbonyl (C=O) groups excluding carboxylic acids is 4. The van der Waals surface area contributed by atoms with Crippen LogP contribution in [-0.4, -0.2) is 51.7 Å². The quantitative estimate of drug-likeness (QED) is 0.276. The van der Waals surface area contributed by atoms with E-state index < -0.39 is 40.2 Å². The van der Waals surface area contributed by atoms with Crippen molar-refractivity contribution in [1.29, 1.82) is 0 Å². The van der Waals surface area contributed by atoms with Gasteiger partial charge in [0.05, 0.1) is 29.2 Å². The number of non-ortho nitro benzene ring substituents is 1. The van der Waals surface area contributed by atoms with Crippen LogP contribution in [0.1, 0.15) is 54.8 Å². The van der Waals surface area contributed by atoms with Gasteiger partial charge in [0.1, 0.15) is 6.04 Å². The number of rotatable bonds is 6. The SMILES string of the molecule is CCOC(=O)c1ccc(N2C(=O)CC(N(C(=O)c3ccc([N+](=O)[O-])cc3)C(C)(C)C)C2=O)cc1. The van der Waals surface area contributed by atoms with E-state index in [-0.39, 0.29) is 35.5 Å². The van der Waals surface area contributed by atoms with Crippen molar-refractivity contribution in [3.63, 3.8) is 0 Å². The van der Waals surface area contributed by atoms with Crippen LogP contribution in [0.15, 0.2) is 48.5 Å². The first-order valence-corrected chi connectivity index (χ1v) is 10.7. The predicted octanol–water partition coefficient (Wildman–Crippen LogP) is 3.34. The van der Waals surface area contributed by atoms with Gasteiger partial charge in [-0.25, -0.2) is 9.69 Å². The molecule has 0 radical (unpaired) electrons. The zero-order valence-corrected chi connectivity index (χ0v) is 19.3. The van der Waals surface area contributed by atoms with Gasteiger partial charge in [-0.05, 0) is 64.1 Å². The van der Waals surface area contributed by atoms with Gasteiger partial charge in [-0.3, -0.25) is 24.5 Å². The molecule has 0 N–H and O–H groups in total. The molecule has 1 fully saturated rings. The third-order valence-corrected chi connectivity index (χ3v) is 5.34. The Labute approximate surface area is 196 Å². The van der Waals surface area contributed by atoms with Crippen LogP contribution in [-0.2, 0) is 14.3 Å². The monoisotopic (exact) mass is 467 g/mol. The summed E-state index contributed by atoms with van der Waals surface area (Å²) in [5.74, 6) is -2.09. The van der Waals surface area contributed by atoms with Crippen molar-refractivity contribution >= 4 is 35.1 Å². The first-order valence-electron chi connectivity index (χ1n) is 10.7. The minimum Gasteiger partial charge on any atom is -0.462 e. The zero-order chi connectivity index (χ0) is 25.2. The summed E-state index contributed by atoms with van der Waals surface area (Å²) in [7, 11) is 0. The molecular formula is C24H25N3O7. The molecular weight excluding hydrogens is 442 g/mol. The van der Waals surface area contributed by atoms with E-state index >= 15 is 0 Å². The average Bonchev–Trinajstić information content (AvgIpc) is 3.06. The van der Waals surface area contributed by atoms with E-state index in [2.05, 4.69) is 0 Å². The number of carbonyl (C=O) groups is 4. The van der Waals surface area contributed by atoms with Crippen LogP contribution in [0.25, 0.3) is 0 Å². The molecule has 10 nitrogen and oxygen atoms in total. The second kappa shape index (κ2) is 9.42. The fourth-order valence-corrected chi connectivity index (χ4v) is 3.83. The number of amides is 3. The van der Waals surface area contributed by atoms with Crippen molar-refractivity contribution in [2.45, 2.75) is 45.7 Å². The number of esters is 1. The third-order valence-electron chi connectivity index (χ3n) is 5.34. The van der Waals surface area contributed by atoms with Crippen molar-refractivity contribution in [3.05, 3.63) is 69.8 Å². The highest BCUT2D eigenvalue weighted by Gasteiger charge is 2.47. The molecule has 1 heterocycles. The minimum atomic E-state index is -1.06. The number of hydrogen-bond donors (Lipinski definition) is 0. The molecule has 1 aliphatic heterocycles. The number of ether oxygens (including phenoxy) is 1. The molecule has 0 saturated carbocycles. The van der Waals surface area contributed by atoms with E-state index in [1.165, 1.54) is 53.4 Å². The second-order valence-electron chi connectivity index (χ2n) is 8.70. The highest BCUT2D eigenvalue weighted by molar-refractivity contribution is 6.23. The highest BCUT2D eigenvalue weighted by atomic mass is 16.6. The van der Waals surface area contributed by atoms with E-state index in [4.69, 9.17) is 4.74 Å². The van der Waals surface area contributed by atoms with Crippen molar-refractivity contribution in [1.82, 2.24) is 4.90 Å². The molecule has 2 aromatic carbocycles. The highest BCUT2D eigenvalue weighted by Crippen LogP contribution is 2.31. The Morgan fingerprint density at radius 3 is 2.12 bits per heavy atom. The molecule has 1 unspecified atom stereocenters. The fraction of sp³-hybridized carbons (Fsp3) is 0.333. The summed E-state index contributed by atoms with van der Waals surface area (Å²) in [5.41, 5.74) is -0.266. The zero-order valence-electron chi connectivity index (χ0n) is 19.3. The molecule has 34 heavy (non-hydrogen) atoms. The van der Waals surface area contributed by atoms with Gasteiger partial charge in [-0.1, -0.05) is 0 Å². The number of anilines is 1. The summed E-state index contributed by atoms with van der Waals surface area (Å²) in [6, 6.07) is 9.91. The van der Waals surface area contributed by atoms with Gasteiger partial charge < -0.3 is 9.64 Å². The standard InChI is InChI=1S/C24H25N3O7/c1-5-34-23(31)16-8-10-17(11-9-16)25-20(28)14-19(22(25)30)26(24(2,3)4)21(29)15-6-12-18(13-7-15)27(32)33/h6-13,19H,5,14H2,1-4H3. The molecule has 1 atom stereocenters. The Morgan fingerprint density at radius 2 is 1.62 bits per heavy atom. The Balaban J connectivity index is 1.90. The Hall–Kier alpha value is -4.08. The summed E-state index contributed by atoms with van der Waals surface area (Å²) in [4.78, 5) is 64.1. The van der Waals surface area contributed by atoms with Gasteiger partial charge in [-0.15, -0.1) is 0 Å². The smallest absolute Gasteiger partial charge is 0.338 e. The van der Waals surface area contributed by atoms with Crippen LogP contribution in [0.5, 0.6) is 0 Å². The number of nitro groups is 1. The second-order valence-corrected chi connectivity index (χ2v) is 8.70. The number of nitro benzene ring substituents is 1. The molecule has 10 heteroatoms. The van der Waals surface area contributed by atoms with Gasteiger partial charge in [0.15, 0.2) is 0 Å². The van der Waals surface area contributed by atoms with Gasteiger partial charge in [0.25, 0.3) is 17.5 Å². The van der Waals surface area contributed by atoms with Crippen LogP contribution in [0.3, 0.4) is 0 Å². The summed E-state index contributed by atoms with van der Waals surface area (Å²) in [5, 5.41) is 10.9. The topological polar surface area (TPSA) is 127 Å². The van der Waals surface area contributed by atoms with E-state index in [0.717, 1.165) is 4.90 Å². The first-order chi connectivity index (χ1) is 16.0. The lowest BCUT2D eigenvalue weighted by molar-refractivity contribution is -0.384. The molecule has 0 bridgehead atoms. The molecule has 2 aromatic rings. The Morgan fingerprint density at radius 1 is 1.06 bits per heavy atom. The largest absolute Gasteiger partial charge is 0.462 e. The minimum absolute atomic E-state index is 0.164. The van der Waals surface area contributed by atoms with Gasteiger partial charge >= 0.3 is 5.97 Å². The van der Waals surface area contributed by atoms with Crippen molar-refractivity contribution < 1.29 is 28.8 Å². The van der Waals surface area contributed by atoms with E-state index in [1.807, 2.05) is 0 Å². The number of benzene rings is 2. The van der Waals surface area contributed by atoms with Crippen LogP contribution in [0.4, 0.5) is 11.4 Å². The van der Waals surface area contributed by atoms with E-state index in [1.54, 1.807) is 27.7 Å². The summed E-state index contributed by atoms with van der Waals surface area (Å²) >= 11 is 0. The molecule has 3 amide bonds. The fourth-order valence-electron chi connectivity index (χ4n) is 3.83. The lowest BCUT2D eigenvalue weighted by atomic mass is 9.99. The Bertz CT molecular complexity index is 1130. The van der Waals surface area contributed by atoms with Crippen molar-refractivity contribution in [3.8, 4) is 0 Å².